The number of carbonyl (C=O) groups excluding carboxylic acids is 3. The van der Waals surface area contributed by atoms with Crippen LogP contribution in [-0.4, -0.2) is 39.2 Å². The molecule has 0 saturated carbocycles. The lowest BCUT2D eigenvalue weighted by Crippen LogP contribution is -2.31. The lowest BCUT2D eigenvalue weighted by molar-refractivity contribution is -0.160. The second-order valence-electron chi connectivity index (χ2n) is 3.46. The highest BCUT2D eigenvalue weighted by molar-refractivity contribution is 5.95. The van der Waals surface area contributed by atoms with Crippen LogP contribution in [0.2, 0.25) is 0 Å². The molecule has 0 aromatic heterocycles. The number of hydrogen-bond acceptors (Lipinski definition) is 6. The van der Waals surface area contributed by atoms with Crippen LogP contribution in [0.15, 0.2) is 0 Å². The zero-order chi connectivity index (χ0) is 13.4. The molecule has 0 bridgehead atoms. The van der Waals surface area contributed by atoms with E-state index in [9.17, 15) is 14.4 Å². The molecule has 1 unspecified atom stereocenters. The van der Waals surface area contributed by atoms with Crippen molar-refractivity contribution in [2.75, 3.05) is 21.3 Å². The Labute approximate surface area is 100 Å². The number of rotatable bonds is 6. The van der Waals surface area contributed by atoms with E-state index in [0.717, 1.165) is 0 Å². The smallest absolute Gasteiger partial charge is 0.320 e. The molecule has 0 aliphatic rings. The van der Waals surface area contributed by atoms with Gasteiger partial charge in [-0.1, -0.05) is 6.92 Å². The molecule has 98 valence electrons. The van der Waals surface area contributed by atoms with Gasteiger partial charge in [0.2, 0.25) is 0 Å². The van der Waals surface area contributed by atoms with Crippen molar-refractivity contribution in [2.45, 2.75) is 19.8 Å². The molecule has 0 heterocycles. The van der Waals surface area contributed by atoms with Crippen LogP contribution in [0.3, 0.4) is 0 Å². The molecule has 0 aliphatic heterocycles. The second kappa shape index (κ2) is 7.65. The molecule has 0 aliphatic carbocycles. The molecule has 17 heavy (non-hydrogen) atoms. The highest BCUT2D eigenvalue weighted by Gasteiger charge is 2.33. The van der Waals surface area contributed by atoms with Gasteiger partial charge in [0.1, 0.15) is 0 Å². The van der Waals surface area contributed by atoms with Crippen LogP contribution in [0.25, 0.3) is 0 Å². The highest BCUT2D eigenvalue weighted by atomic mass is 16.5. The fraction of sp³-hybridized carbons (Fsp3) is 0.727. The fourth-order valence-electron chi connectivity index (χ4n) is 1.45. The second-order valence-corrected chi connectivity index (χ2v) is 3.46. The highest BCUT2D eigenvalue weighted by Crippen LogP contribution is 2.19. The van der Waals surface area contributed by atoms with E-state index in [1.54, 1.807) is 6.92 Å². The van der Waals surface area contributed by atoms with Gasteiger partial charge in [-0.2, -0.15) is 0 Å². The first-order valence-corrected chi connectivity index (χ1v) is 5.25. The first-order chi connectivity index (χ1) is 8.01. The summed E-state index contributed by atoms with van der Waals surface area (Å²) in [6, 6.07) is 0. The van der Waals surface area contributed by atoms with E-state index in [1.165, 1.54) is 21.3 Å². The maximum absolute atomic E-state index is 11.4. The van der Waals surface area contributed by atoms with E-state index in [4.69, 9.17) is 0 Å². The number of carbonyl (C=O) groups is 3. The summed E-state index contributed by atoms with van der Waals surface area (Å²) in [6.45, 7) is 1.77. The Bertz CT molecular complexity index is 270. The van der Waals surface area contributed by atoms with Crippen LogP contribution in [0, 0.1) is 11.8 Å². The van der Waals surface area contributed by atoms with Gasteiger partial charge in [0.05, 0.1) is 27.2 Å². The molecule has 0 amide bonds. The summed E-state index contributed by atoms with van der Waals surface area (Å²) in [5, 5.41) is 0. The Morgan fingerprint density at radius 3 is 1.59 bits per heavy atom. The average molecular weight is 246 g/mol. The minimum Gasteiger partial charge on any atom is -0.469 e. The van der Waals surface area contributed by atoms with Crippen LogP contribution in [-0.2, 0) is 28.6 Å². The summed E-state index contributed by atoms with van der Waals surface area (Å²) in [5.74, 6) is -3.49. The molecule has 0 rings (SSSR count). The van der Waals surface area contributed by atoms with E-state index >= 15 is 0 Å². The Balaban J connectivity index is 4.77. The standard InChI is InChI=1S/C11H18O6/c1-5-7(9(12)15-2)6-8(10(13)16-3)11(14)17-4/h7-8H,5-6H2,1-4H3. The number of ether oxygens (including phenoxy) is 3. The van der Waals surface area contributed by atoms with Crippen LogP contribution >= 0.6 is 0 Å². The van der Waals surface area contributed by atoms with Gasteiger partial charge in [-0.15, -0.1) is 0 Å². The van der Waals surface area contributed by atoms with Crippen molar-refractivity contribution in [1.29, 1.82) is 0 Å². The quantitative estimate of drug-likeness (QED) is 0.386. The summed E-state index contributed by atoms with van der Waals surface area (Å²) >= 11 is 0. The molecule has 1 atom stereocenters. The van der Waals surface area contributed by atoms with Crippen LogP contribution < -0.4 is 0 Å². The predicted molar refractivity (Wildman–Crippen MR) is 57.9 cm³/mol. The van der Waals surface area contributed by atoms with Gasteiger partial charge in [-0.3, -0.25) is 14.4 Å². The van der Waals surface area contributed by atoms with Gasteiger partial charge in [0, 0.05) is 0 Å². The van der Waals surface area contributed by atoms with Crippen molar-refractivity contribution in [3.8, 4) is 0 Å². The third-order valence-corrected chi connectivity index (χ3v) is 2.52. The summed E-state index contributed by atoms with van der Waals surface area (Å²) < 4.78 is 13.6. The zero-order valence-electron chi connectivity index (χ0n) is 10.5. The van der Waals surface area contributed by atoms with Crippen molar-refractivity contribution in [1.82, 2.24) is 0 Å². The molecule has 0 aromatic rings. The van der Waals surface area contributed by atoms with E-state index in [0.29, 0.717) is 6.42 Å². The maximum Gasteiger partial charge on any atom is 0.320 e. The van der Waals surface area contributed by atoms with Crippen molar-refractivity contribution in [3.05, 3.63) is 0 Å². The van der Waals surface area contributed by atoms with Crippen molar-refractivity contribution < 1.29 is 28.6 Å². The van der Waals surface area contributed by atoms with E-state index in [-0.39, 0.29) is 6.42 Å². The normalized spacial score (nSPS) is 11.8. The minimum absolute atomic E-state index is 0.0303. The fourth-order valence-corrected chi connectivity index (χ4v) is 1.45. The monoisotopic (exact) mass is 246 g/mol. The molecule has 0 fully saturated rings. The lowest BCUT2D eigenvalue weighted by atomic mass is 9.92. The number of esters is 3. The molecule has 6 nitrogen and oxygen atoms in total. The number of methoxy groups -OCH3 is 3. The van der Waals surface area contributed by atoms with E-state index in [2.05, 4.69) is 14.2 Å². The SMILES string of the molecule is CCC(CC(C(=O)OC)C(=O)OC)C(=O)OC. The van der Waals surface area contributed by atoms with E-state index < -0.39 is 29.7 Å². The number of hydrogen-bond donors (Lipinski definition) is 0. The molecule has 0 aromatic carbocycles. The van der Waals surface area contributed by atoms with Crippen LogP contribution in [0.4, 0.5) is 0 Å². The third-order valence-electron chi connectivity index (χ3n) is 2.52. The van der Waals surface area contributed by atoms with Crippen LogP contribution in [0.5, 0.6) is 0 Å². The molecular weight excluding hydrogens is 228 g/mol. The zero-order valence-corrected chi connectivity index (χ0v) is 10.5. The van der Waals surface area contributed by atoms with Crippen LogP contribution in [0.1, 0.15) is 19.8 Å². The largest absolute Gasteiger partial charge is 0.469 e. The molecule has 0 radical (unpaired) electrons. The lowest BCUT2D eigenvalue weighted by Gasteiger charge is -2.17. The molecular formula is C11H18O6. The molecule has 0 spiro atoms. The van der Waals surface area contributed by atoms with Gasteiger partial charge in [-0.25, -0.2) is 0 Å². The summed E-state index contributed by atoms with van der Waals surface area (Å²) in [6.07, 6.45) is 0.500. The Morgan fingerprint density at radius 1 is 0.882 bits per heavy atom. The van der Waals surface area contributed by atoms with Gasteiger partial charge < -0.3 is 14.2 Å². The summed E-state index contributed by atoms with van der Waals surface area (Å²) in [5.41, 5.74) is 0. The first kappa shape index (κ1) is 15.4. The average Bonchev–Trinajstić information content (AvgIpc) is 2.37. The van der Waals surface area contributed by atoms with Crippen molar-refractivity contribution >= 4 is 17.9 Å². The Hall–Kier alpha value is -1.59. The Morgan fingerprint density at radius 2 is 1.29 bits per heavy atom. The predicted octanol–water partition coefficient (Wildman–Crippen LogP) is 0.538. The third kappa shape index (κ3) is 4.42. The molecule has 6 heteroatoms. The van der Waals surface area contributed by atoms with Crippen molar-refractivity contribution in [2.24, 2.45) is 11.8 Å². The minimum atomic E-state index is -1.09. The Kier molecular flexibility index (Phi) is 6.93. The summed E-state index contributed by atoms with van der Waals surface area (Å²) in [7, 11) is 3.62. The molecule has 0 saturated heterocycles. The van der Waals surface area contributed by atoms with Gasteiger partial charge in [0.15, 0.2) is 5.92 Å². The topological polar surface area (TPSA) is 78.9 Å². The summed E-state index contributed by atoms with van der Waals surface area (Å²) in [4.78, 5) is 34.2. The van der Waals surface area contributed by atoms with Crippen molar-refractivity contribution in [3.63, 3.8) is 0 Å². The first-order valence-electron chi connectivity index (χ1n) is 5.25. The van der Waals surface area contributed by atoms with Gasteiger partial charge >= 0.3 is 17.9 Å². The van der Waals surface area contributed by atoms with Gasteiger partial charge in [0.25, 0.3) is 0 Å². The molecule has 0 N–H and O–H groups in total. The maximum atomic E-state index is 11.4. The van der Waals surface area contributed by atoms with E-state index in [1.807, 2.05) is 0 Å². The van der Waals surface area contributed by atoms with Gasteiger partial charge in [-0.05, 0) is 12.8 Å².